The number of ether oxygens (including phenoxy) is 1. The summed E-state index contributed by atoms with van der Waals surface area (Å²) in [6, 6.07) is 8.85. The standard InChI is InChI=1S/C21H27N3O5/c1-14(25)23-21(12-15-6-4-3-5-7-15)11-10-16-8-9-17(24(16)20(21)28)19(27)22-13-18(26)29-2/h3-7,16-17H,8-13H2,1-2H3,(H,22,27)(H,23,25)/t16-,17+,21-/m1/s1. The molecule has 2 aliphatic heterocycles. The van der Waals surface area contributed by atoms with Crippen molar-refractivity contribution in [2.75, 3.05) is 13.7 Å². The van der Waals surface area contributed by atoms with Crippen molar-refractivity contribution in [2.45, 2.75) is 56.7 Å². The van der Waals surface area contributed by atoms with Gasteiger partial charge in [0, 0.05) is 19.4 Å². The summed E-state index contributed by atoms with van der Waals surface area (Å²) in [4.78, 5) is 51.2. The highest BCUT2D eigenvalue weighted by atomic mass is 16.5. The summed E-state index contributed by atoms with van der Waals surface area (Å²) in [5.74, 6) is -1.43. The van der Waals surface area contributed by atoms with Gasteiger partial charge in [-0.25, -0.2) is 0 Å². The van der Waals surface area contributed by atoms with Crippen LogP contribution in [0.3, 0.4) is 0 Å². The molecule has 2 fully saturated rings. The summed E-state index contributed by atoms with van der Waals surface area (Å²) in [7, 11) is 1.25. The number of benzene rings is 1. The first kappa shape index (κ1) is 20.8. The predicted molar refractivity (Wildman–Crippen MR) is 105 cm³/mol. The molecule has 0 radical (unpaired) electrons. The van der Waals surface area contributed by atoms with E-state index in [1.54, 1.807) is 4.90 Å². The van der Waals surface area contributed by atoms with Crippen LogP contribution in [0, 0.1) is 0 Å². The number of rotatable bonds is 6. The minimum Gasteiger partial charge on any atom is -0.468 e. The third-order valence-electron chi connectivity index (χ3n) is 5.75. The lowest BCUT2D eigenvalue weighted by atomic mass is 9.80. The van der Waals surface area contributed by atoms with Crippen LogP contribution in [0.5, 0.6) is 0 Å². The number of hydrogen-bond acceptors (Lipinski definition) is 5. The molecule has 3 amide bonds. The molecule has 156 valence electrons. The molecule has 0 aromatic heterocycles. The van der Waals surface area contributed by atoms with E-state index in [2.05, 4.69) is 15.4 Å². The molecule has 0 aliphatic carbocycles. The van der Waals surface area contributed by atoms with Crippen molar-refractivity contribution in [1.29, 1.82) is 0 Å². The van der Waals surface area contributed by atoms with Gasteiger partial charge in [0.1, 0.15) is 18.1 Å². The van der Waals surface area contributed by atoms with Gasteiger partial charge in [0.05, 0.1) is 7.11 Å². The molecule has 0 bridgehead atoms. The molecule has 29 heavy (non-hydrogen) atoms. The Hall–Kier alpha value is -2.90. The van der Waals surface area contributed by atoms with Gasteiger partial charge in [-0.05, 0) is 31.2 Å². The number of nitrogens with zero attached hydrogens (tertiary/aromatic N) is 1. The molecule has 8 heteroatoms. The lowest BCUT2D eigenvalue weighted by Gasteiger charge is -2.45. The Kier molecular flexibility index (Phi) is 6.20. The van der Waals surface area contributed by atoms with Crippen LogP contribution in [-0.4, -0.2) is 59.9 Å². The number of methoxy groups -OCH3 is 1. The maximum Gasteiger partial charge on any atom is 0.325 e. The second kappa shape index (κ2) is 8.63. The fraction of sp³-hybridized carbons (Fsp3) is 0.524. The first-order chi connectivity index (χ1) is 13.9. The van der Waals surface area contributed by atoms with Crippen molar-refractivity contribution >= 4 is 23.7 Å². The molecule has 2 aliphatic rings. The monoisotopic (exact) mass is 401 g/mol. The van der Waals surface area contributed by atoms with Gasteiger partial charge < -0.3 is 20.3 Å². The zero-order valence-corrected chi connectivity index (χ0v) is 16.8. The molecular formula is C21H27N3O5. The molecule has 3 rings (SSSR count). The van der Waals surface area contributed by atoms with Crippen molar-refractivity contribution in [2.24, 2.45) is 0 Å². The van der Waals surface area contributed by atoms with Gasteiger partial charge in [-0.2, -0.15) is 0 Å². The van der Waals surface area contributed by atoms with Gasteiger partial charge >= 0.3 is 5.97 Å². The lowest BCUT2D eigenvalue weighted by Crippen LogP contribution is -2.67. The fourth-order valence-electron chi connectivity index (χ4n) is 4.45. The van der Waals surface area contributed by atoms with Crippen LogP contribution in [0.1, 0.15) is 38.2 Å². The van der Waals surface area contributed by atoms with Crippen LogP contribution in [0.15, 0.2) is 30.3 Å². The van der Waals surface area contributed by atoms with E-state index in [1.165, 1.54) is 14.0 Å². The van der Waals surface area contributed by atoms with Crippen molar-refractivity contribution < 1.29 is 23.9 Å². The molecule has 2 saturated heterocycles. The van der Waals surface area contributed by atoms with Crippen molar-refractivity contribution in [1.82, 2.24) is 15.5 Å². The molecule has 8 nitrogen and oxygen atoms in total. The summed E-state index contributed by atoms with van der Waals surface area (Å²) in [6.45, 7) is 1.16. The maximum absolute atomic E-state index is 13.6. The third-order valence-corrected chi connectivity index (χ3v) is 5.75. The van der Waals surface area contributed by atoms with Crippen LogP contribution in [0.4, 0.5) is 0 Å². The fourth-order valence-corrected chi connectivity index (χ4v) is 4.45. The second-order valence-corrected chi connectivity index (χ2v) is 7.72. The van der Waals surface area contributed by atoms with E-state index in [4.69, 9.17) is 0 Å². The third kappa shape index (κ3) is 4.41. The number of carbonyl (C=O) groups excluding carboxylic acids is 4. The van der Waals surface area contributed by atoms with Crippen molar-refractivity contribution in [3.63, 3.8) is 0 Å². The lowest BCUT2D eigenvalue weighted by molar-refractivity contribution is -0.152. The minimum atomic E-state index is -1.07. The molecular weight excluding hydrogens is 374 g/mol. The average molecular weight is 401 g/mol. The minimum absolute atomic E-state index is 0.0333. The number of amides is 3. The summed E-state index contributed by atoms with van der Waals surface area (Å²) < 4.78 is 4.55. The van der Waals surface area contributed by atoms with E-state index in [0.717, 1.165) is 12.0 Å². The first-order valence-corrected chi connectivity index (χ1v) is 9.86. The van der Waals surface area contributed by atoms with E-state index < -0.39 is 17.6 Å². The van der Waals surface area contributed by atoms with Crippen LogP contribution < -0.4 is 10.6 Å². The largest absolute Gasteiger partial charge is 0.468 e. The van der Waals surface area contributed by atoms with E-state index in [1.807, 2.05) is 30.3 Å². The highest BCUT2D eigenvalue weighted by Gasteiger charge is 2.53. The summed E-state index contributed by atoms with van der Waals surface area (Å²) >= 11 is 0. The van der Waals surface area contributed by atoms with Gasteiger partial charge in [-0.1, -0.05) is 30.3 Å². The van der Waals surface area contributed by atoms with Gasteiger partial charge in [0.15, 0.2) is 0 Å². The molecule has 2 heterocycles. The average Bonchev–Trinajstić information content (AvgIpc) is 3.14. The van der Waals surface area contributed by atoms with E-state index in [9.17, 15) is 19.2 Å². The number of esters is 1. The zero-order chi connectivity index (χ0) is 21.0. The Morgan fingerprint density at radius 2 is 1.90 bits per heavy atom. The Bertz CT molecular complexity index is 797. The summed E-state index contributed by atoms with van der Waals surface area (Å²) in [5, 5.41) is 5.44. The van der Waals surface area contributed by atoms with Gasteiger partial charge in [0.25, 0.3) is 0 Å². The topological polar surface area (TPSA) is 105 Å². The maximum atomic E-state index is 13.6. The molecule has 1 aromatic carbocycles. The molecule has 3 atom stereocenters. The Morgan fingerprint density at radius 1 is 1.17 bits per heavy atom. The predicted octanol–water partition coefficient (Wildman–Crippen LogP) is 0.547. The number of hydrogen-bond donors (Lipinski definition) is 2. The number of fused-ring (bicyclic) bond motifs is 1. The van der Waals surface area contributed by atoms with Crippen LogP contribution in [0.2, 0.25) is 0 Å². The quantitative estimate of drug-likeness (QED) is 0.678. The normalized spacial score (nSPS) is 25.9. The molecule has 1 aromatic rings. The van der Waals surface area contributed by atoms with Crippen LogP contribution in [-0.2, 0) is 30.3 Å². The van der Waals surface area contributed by atoms with E-state index >= 15 is 0 Å². The second-order valence-electron chi connectivity index (χ2n) is 7.72. The highest BCUT2D eigenvalue weighted by Crippen LogP contribution is 2.38. The number of carbonyl (C=O) groups is 4. The molecule has 0 unspecified atom stereocenters. The Morgan fingerprint density at radius 3 is 2.55 bits per heavy atom. The Labute approximate surface area is 170 Å². The summed E-state index contributed by atoms with van der Waals surface area (Å²) in [5.41, 5.74) is -0.131. The van der Waals surface area contributed by atoms with E-state index in [0.29, 0.717) is 25.7 Å². The van der Waals surface area contributed by atoms with Gasteiger partial charge in [-0.3, -0.25) is 19.2 Å². The van der Waals surface area contributed by atoms with Gasteiger partial charge in [-0.15, -0.1) is 0 Å². The van der Waals surface area contributed by atoms with Gasteiger partial charge in [0.2, 0.25) is 17.7 Å². The number of nitrogens with one attached hydrogen (secondary N) is 2. The Balaban J connectivity index is 1.83. The zero-order valence-electron chi connectivity index (χ0n) is 16.8. The smallest absolute Gasteiger partial charge is 0.325 e. The number of piperidine rings is 1. The van der Waals surface area contributed by atoms with Crippen LogP contribution in [0.25, 0.3) is 0 Å². The highest BCUT2D eigenvalue weighted by molar-refractivity contribution is 5.96. The van der Waals surface area contributed by atoms with Crippen molar-refractivity contribution in [3.05, 3.63) is 35.9 Å². The summed E-state index contributed by atoms with van der Waals surface area (Å²) in [6.07, 6.45) is 2.86. The molecule has 2 N–H and O–H groups in total. The van der Waals surface area contributed by atoms with E-state index in [-0.39, 0.29) is 30.3 Å². The molecule has 0 spiro atoms. The molecule has 0 saturated carbocycles. The van der Waals surface area contributed by atoms with Crippen molar-refractivity contribution in [3.8, 4) is 0 Å². The first-order valence-electron chi connectivity index (χ1n) is 9.86. The van der Waals surface area contributed by atoms with Crippen LogP contribution >= 0.6 is 0 Å². The SMILES string of the molecule is COC(=O)CNC(=O)[C@@H]1CC[C@@H]2CC[C@](Cc3ccccc3)(NC(C)=O)C(=O)N21.